The van der Waals surface area contributed by atoms with Gasteiger partial charge in [-0.05, 0) is 19.9 Å². The van der Waals surface area contributed by atoms with Crippen molar-refractivity contribution in [3.05, 3.63) is 23.4 Å². The first-order valence-electron chi connectivity index (χ1n) is 19.0. The molecular weight excluding hydrogens is 774 g/mol. The standard InChI is InChI=1S/C39H55N7O13/c1-12-45(13-2)30-18-28(41-22(3)47)29(19-31(30)52-11)42-43-37-27(20-40)36(39(8,9)10)46(44-37)14-15-53-16-17-54-38-35(58-26(7)51)34(57-25(6)50)33(56-24(5)49)32(59-38)21-55-23(4)48/h18-19,32-35,38H,12-17,21H2,1-11H3,(H,41,47). The van der Waals surface area contributed by atoms with Gasteiger partial charge in [0.2, 0.25) is 11.7 Å². The summed E-state index contributed by atoms with van der Waals surface area (Å²) >= 11 is 0. The van der Waals surface area contributed by atoms with Crippen molar-refractivity contribution in [2.45, 2.75) is 112 Å². The Morgan fingerprint density at radius 1 is 0.898 bits per heavy atom. The number of amides is 1. The Hall–Kier alpha value is -5.65. The van der Waals surface area contributed by atoms with Crippen LogP contribution in [0.2, 0.25) is 0 Å². The van der Waals surface area contributed by atoms with E-state index in [1.54, 1.807) is 16.8 Å². The second-order valence-electron chi connectivity index (χ2n) is 14.3. The van der Waals surface area contributed by atoms with Crippen molar-refractivity contribution in [1.29, 1.82) is 5.26 Å². The molecule has 3 rings (SSSR count). The first kappa shape index (κ1) is 47.7. The van der Waals surface area contributed by atoms with Crippen molar-refractivity contribution >= 4 is 52.7 Å². The van der Waals surface area contributed by atoms with Crippen molar-refractivity contribution in [1.82, 2.24) is 9.78 Å². The van der Waals surface area contributed by atoms with E-state index >= 15 is 0 Å². The normalized spacial score (nSPS) is 19.1. The van der Waals surface area contributed by atoms with E-state index in [1.165, 1.54) is 21.0 Å². The zero-order valence-electron chi connectivity index (χ0n) is 35.5. The largest absolute Gasteiger partial charge is 0.494 e. The highest BCUT2D eigenvalue weighted by Gasteiger charge is 2.52. The van der Waals surface area contributed by atoms with Gasteiger partial charge in [-0.3, -0.25) is 28.7 Å². The van der Waals surface area contributed by atoms with E-state index in [0.29, 0.717) is 35.9 Å². The molecule has 0 spiro atoms. The van der Waals surface area contributed by atoms with E-state index in [0.717, 1.165) is 26.5 Å². The fourth-order valence-electron chi connectivity index (χ4n) is 6.35. The molecular formula is C39H55N7O13. The zero-order chi connectivity index (χ0) is 44.0. The predicted molar refractivity (Wildman–Crippen MR) is 209 cm³/mol. The van der Waals surface area contributed by atoms with Crippen LogP contribution >= 0.6 is 0 Å². The molecule has 5 atom stereocenters. The van der Waals surface area contributed by atoms with Gasteiger partial charge in [-0.25, -0.2) is 0 Å². The van der Waals surface area contributed by atoms with Gasteiger partial charge in [0.1, 0.15) is 35.8 Å². The lowest BCUT2D eigenvalue weighted by Gasteiger charge is -2.44. The van der Waals surface area contributed by atoms with Crippen LogP contribution < -0.4 is 15.0 Å². The number of nitrogens with zero attached hydrogens (tertiary/aromatic N) is 6. The third-order valence-electron chi connectivity index (χ3n) is 8.63. The summed E-state index contributed by atoms with van der Waals surface area (Å²) in [5.41, 5.74) is 1.70. The molecule has 1 amide bonds. The number of anilines is 2. The molecule has 20 heteroatoms. The molecule has 324 valence electrons. The highest BCUT2D eigenvalue weighted by atomic mass is 16.7. The van der Waals surface area contributed by atoms with Crippen molar-refractivity contribution in [2.24, 2.45) is 10.2 Å². The van der Waals surface area contributed by atoms with Crippen molar-refractivity contribution < 1.29 is 61.9 Å². The first-order chi connectivity index (χ1) is 27.8. The Morgan fingerprint density at radius 2 is 1.53 bits per heavy atom. The average molecular weight is 830 g/mol. The quantitative estimate of drug-likeness (QED) is 0.0893. The predicted octanol–water partition coefficient (Wildman–Crippen LogP) is 4.40. The fraction of sp³-hybridized carbons (Fsp3) is 0.615. The Kier molecular flexibility index (Phi) is 17.7. The van der Waals surface area contributed by atoms with Gasteiger partial charge in [-0.1, -0.05) is 20.8 Å². The van der Waals surface area contributed by atoms with E-state index < -0.39 is 66.6 Å². The molecule has 1 fully saturated rings. The summed E-state index contributed by atoms with van der Waals surface area (Å²) in [6.45, 7) is 16.9. The summed E-state index contributed by atoms with van der Waals surface area (Å²) in [5, 5.41) is 26.5. The number of nitrogens with one attached hydrogen (secondary N) is 1. The molecule has 1 aliphatic heterocycles. The van der Waals surface area contributed by atoms with Gasteiger partial charge in [0.15, 0.2) is 24.6 Å². The molecule has 2 aromatic rings. The number of hydrogen-bond donors (Lipinski definition) is 1. The maximum Gasteiger partial charge on any atom is 0.303 e. The Labute approximate surface area is 343 Å². The molecule has 2 heterocycles. The van der Waals surface area contributed by atoms with Gasteiger partial charge in [0.25, 0.3) is 0 Å². The summed E-state index contributed by atoms with van der Waals surface area (Å²) in [6, 6.07) is 5.64. The lowest BCUT2D eigenvalue weighted by atomic mass is 9.89. The van der Waals surface area contributed by atoms with Gasteiger partial charge in [0, 0.05) is 59.2 Å². The lowest BCUT2D eigenvalue weighted by Crippen LogP contribution is -2.63. The van der Waals surface area contributed by atoms with Crippen LogP contribution in [0.3, 0.4) is 0 Å². The third-order valence-corrected chi connectivity index (χ3v) is 8.63. The summed E-state index contributed by atoms with van der Waals surface area (Å²) in [4.78, 5) is 62.1. The molecule has 0 aliphatic carbocycles. The van der Waals surface area contributed by atoms with Crippen LogP contribution in [0.5, 0.6) is 5.75 Å². The molecule has 0 bridgehead atoms. The minimum atomic E-state index is -1.37. The summed E-state index contributed by atoms with van der Waals surface area (Å²) < 4.78 is 46.3. The second-order valence-corrected chi connectivity index (χ2v) is 14.3. The highest BCUT2D eigenvalue weighted by Crippen LogP contribution is 2.40. The number of carbonyl (C=O) groups is 5. The number of aromatic nitrogens is 2. The number of esters is 4. The SMILES string of the molecule is CCN(CC)c1cc(NC(C)=O)c(N=Nc2nn(CCOCCOC3OC(COC(C)=O)C(OC(C)=O)C(OC(C)=O)C3OC(C)=O)c(C(C)(C)C)c2C#N)cc1OC. The van der Waals surface area contributed by atoms with Gasteiger partial charge >= 0.3 is 23.9 Å². The summed E-state index contributed by atoms with van der Waals surface area (Å²) in [5.74, 6) is -2.65. The van der Waals surface area contributed by atoms with E-state index in [1.807, 2.05) is 34.6 Å². The molecule has 0 radical (unpaired) electrons. The van der Waals surface area contributed by atoms with Gasteiger partial charge in [0.05, 0.1) is 50.5 Å². The molecule has 0 saturated carbocycles. The Balaban J connectivity index is 1.83. The van der Waals surface area contributed by atoms with E-state index in [9.17, 15) is 29.2 Å². The fourth-order valence-corrected chi connectivity index (χ4v) is 6.35. The van der Waals surface area contributed by atoms with Crippen LogP contribution in [0.15, 0.2) is 22.4 Å². The van der Waals surface area contributed by atoms with Crippen LogP contribution in [0.4, 0.5) is 22.9 Å². The van der Waals surface area contributed by atoms with Crippen LogP contribution in [0.25, 0.3) is 0 Å². The number of hydrogen-bond acceptors (Lipinski definition) is 18. The summed E-state index contributed by atoms with van der Waals surface area (Å²) in [6.07, 6.45) is -6.58. The van der Waals surface area contributed by atoms with Gasteiger partial charge in [-0.2, -0.15) is 5.26 Å². The maximum atomic E-state index is 12.1. The average Bonchev–Trinajstić information content (AvgIpc) is 3.51. The van der Waals surface area contributed by atoms with Crippen LogP contribution in [-0.4, -0.2) is 117 Å². The van der Waals surface area contributed by atoms with Crippen LogP contribution in [-0.2, 0) is 69.1 Å². The number of ether oxygens (including phenoxy) is 8. The lowest BCUT2D eigenvalue weighted by molar-refractivity contribution is -0.309. The van der Waals surface area contributed by atoms with Crippen molar-refractivity contribution in [2.75, 3.05) is 56.8 Å². The number of azo groups is 1. The summed E-state index contributed by atoms with van der Waals surface area (Å²) in [7, 11) is 1.54. The number of methoxy groups -OCH3 is 1. The minimum Gasteiger partial charge on any atom is -0.494 e. The second kappa shape index (κ2) is 21.9. The third kappa shape index (κ3) is 13.4. The van der Waals surface area contributed by atoms with E-state index in [-0.39, 0.29) is 43.7 Å². The molecule has 5 unspecified atom stereocenters. The molecule has 1 N–H and O–H groups in total. The topological polar surface area (TPSA) is 241 Å². The van der Waals surface area contributed by atoms with E-state index in [4.69, 9.17) is 37.9 Å². The van der Waals surface area contributed by atoms with Crippen LogP contribution in [0, 0.1) is 11.3 Å². The number of nitriles is 1. The number of benzene rings is 1. The minimum absolute atomic E-state index is 0.00604. The highest BCUT2D eigenvalue weighted by molar-refractivity contribution is 5.93. The molecule has 1 aromatic carbocycles. The van der Waals surface area contributed by atoms with E-state index in [2.05, 4.69) is 31.6 Å². The first-order valence-corrected chi connectivity index (χ1v) is 19.0. The van der Waals surface area contributed by atoms with Gasteiger partial charge in [-0.15, -0.1) is 15.3 Å². The van der Waals surface area contributed by atoms with Gasteiger partial charge < -0.3 is 48.1 Å². The zero-order valence-corrected chi connectivity index (χ0v) is 35.5. The Bertz CT molecular complexity index is 1880. The molecule has 20 nitrogen and oxygen atoms in total. The van der Waals surface area contributed by atoms with Crippen molar-refractivity contribution in [3.8, 4) is 11.8 Å². The van der Waals surface area contributed by atoms with Crippen molar-refractivity contribution in [3.63, 3.8) is 0 Å². The maximum absolute atomic E-state index is 12.1. The molecule has 1 aliphatic rings. The number of rotatable bonds is 19. The smallest absolute Gasteiger partial charge is 0.303 e. The molecule has 1 aromatic heterocycles. The molecule has 59 heavy (non-hydrogen) atoms. The Morgan fingerprint density at radius 3 is 2.07 bits per heavy atom. The van der Waals surface area contributed by atoms with Crippen LogP contribution in [0.1, 0.15) is 80.5 Å². The number of carbonyl (C=O) groups excluding carboxylic acids is 5. The molecule has 1 saturated heterocycles. The monoisotopic (exact) mass is 829 g/mol.